The van der Waals surface area contributed by atoms with Gasteiger partial charge in [-0.2, -0.15) is 5.10 Å². The average Bonchev–Trinajstić information content (AvgIpc) is 3.31. The summed E-state index contributed by atoms with van der Waals surface area (Å²) in [6, 6.07) is 1.21. The smallest absolute Gasteiger partial charge is 0.227 e. The third-order valence-electron chi connectivity index (χ3n) is 6.02. The van der Waals surface area contributed by atoms with Crippen LogP contribution in [0.2, 0.25) is 0 Å². The lowest BCUT2D eigenvalue weighted by atomic mass is 10.1. The summed E-state index contributed by atoms with van der Waals surface area (Å²) in [4.78, 5) is 14.3. The van der Waals surface area contributed by atoms with Crippen molar-refractivity contribution in [3.63, 3.8) is 0 Å². The third-order valence-corrected chi connectivity index (χ3v) is 8.28. The van der Waals surface area contributed by atoms with E-state index < -0.39 is 44.5 Å². The highest BCUT2D eigenvalue weighted by Crippen LogP contribution is 2.33. The zero-order valence-electron chi connectivity index (χ0n) is 16.8. The van der Waals surface area contributed by atoms with Crippen molar-refractivity contribution >= 4 is 15.7 Å². The number of aromatic nitrogens is 2. The number of sulfone groups is 1. The number of hydrogen-bond acceptors (Lipinski definition) is 5. The molecule has 7 nitrogen and oxygen atoms in total. The Labute approximate surface area is 177 Å². The van der Waals surface area contributed by atoms with Crippen LogP contribution >= 0.6 is 0 Å². The predicted octanol–water partition coefficient (Wildman–Crippen LogP) is 1.96. The van der Waals surface area contributed by atoms with Crippen LogP contribution in [0.3, 0.4) is 0 Å². The molecule has 0 bridgehead atoms. The summed E-state index contributed by atoms with van der Waals surface area (Å²) in [5.41, 5.74) is 0.352. The van der Waals surface area contributed by atoms with Gasteiger partial charge in [-0.3, -0.25) is 9.48 Å². The Bertz CT molecular complexity index is 1110. The van der Waals surface area contributed by atoms with E-state index in [2.05, 4.69) is 5.10 Å². The van der Waals surface area contributed by atoms with E-state index in [4.69, 9.17) is 0 Å². The maximum absolute atomic E-state index is 13.5. The molecule has 31 heavy (non-hydrogen) atoms. The van der Waals surface area contributed by atoms with E-state index in [0.29, 0.717) is 18.5 Å². The maximum Gasteiger partial charge on any atom is 0.227 e. The van der Waals surface area contributed by atoms with Crippen LogP contribution in [0, 0.1) is 17.5 Å². The van der Waals surface area contributed by atoms with Crippen molar-refractivity contribution in [1.29, 1.82) is 0 Å². The maximum atomic E-state index is 13.5. The van der Waals surface area contributed by atoms with Gasteiger partial charge in [0, 0.05) is 6.04 Å². The van der Waals surface area contributed by atoms with E-state index in [9.17, 15) is 31.5 Å². The van der Waals surface area contributed by atoms with E-state index in [1.165, 1.54) is 11.1 Å². The lowest BCUT2D eigenvalue weighted by Crippen LogP contribution is -2.46. The van der Waals surface area contributed by atoms with Crippen LogP contribution in [0.25, 0.3) is 0 Å². The highest BCUT2D eigenvalue weighted by atomic mass is 32.2. The molecule has 1 aromatic heterocycles. The number of rotatable bonds is 4. The minimum Gasteiger partial charge on any atom is -0.393 e. The average molecular weight is 457 g/mol. The van der Waals surface area contributed by atoms with Crippen LogP contribution in [0.1, 0.15) is 37.4 Å². The molecular formula is C20H22F3N3O4S. The SMILES string of the molecule is C[C@H]1Cn2ncc(S(=O)(=O)C3CCC(O)C3)c2CN1C(=O)Cc1cc(F)c(F)c(F)c1. The molecule has 1 amide bonds. The lowest BCUT2D eigenvalue weighted by molar-refractivity contribution is -0.134. The Balaban J connectivity index is 1.58. The largest absolute Gasteiger partial charge is 0.393 e. The van der Waals surface area contributed by atoms with Gasteiger partial charge in [0.2, 0.25) is 5.91 Å². The second kappa shape index (κ2) is 7.94. The number of nitrogens with zero attached hydrogens (tertiary/aromatic N) is 3. The fourth-order valence-electron chi connectivity index (χ4n) is 4.31. The van der Waals surface area contributed by atoms with Crippen LogP contribution in [-0.4, -0.2) is 51.5 Å². The first-order valence-corrected chi connectivity index (χ1v) is 11.5. The van der Waals surface area contributed by atoms with Crippen LogP contribution in [-0.2, 0) is 34.1 Å². The van der Waals surface area contributed by atoms with Crippen LogP contribution in [0.5, 0.6) is 0 Å². The summed E-state index contributed by atoms with van der Waals surface area (Å²) >= 11 is 0. The summed E-state index contributed by atoms with van der Waals surface area (Å²) in [7, 11) is -3.73. The Morgan fingerprint density at radius 3 is 2.52 bits per heavy atom. The molecule has 1 aliphatic heterocycles. The number of carbonyl (C=O) groups excluding carboxylic acids is 1. The second-order valence-electron chi connectivity index (χ2n) is 8.19. The summed E-state index contributed by atoms with van der Waals surface area (Å²) in [5, 5.41) is 13.2. The van der Waals surface area contributed by atoms with E-state index in [1.54, 1.807) is 11.6 Å². The third kappa shape index (κ3) is 3.96. The molecule has 2 unspecified atom stereocenters. The molecule has 0 spiro atoms. The topological polar surface area (TPSA) is 92.5 Å². The Kier molecular flexibility index (Phi) is 5.59. The number of aliphatic hydroxyl groups excluding tert-OH is 1. The highest BCUT2D eigenvalue weighted by Gasteiger charge is 2.39. The van der Waals surface area contributed by atoms with Crippen molar-refractivity contribution < 1.29 is 31.5 Å². The molecule has 2 heterocycles. The minimum atomic E-state index is -3.73. The second-order valence-corrected chi connectivity index (χ2v) is 10.4. The molecule has 1 aliphatic carbocycles. The Morgan fingerprint density at radius 1 is 1.23 bits per heavy atom. The van der Waals surface area contributed by atoms with Crippen LogP contribution in [0.15, 0.2) is 23.2 Å². The molecule has 1 N–H and O–H groups in total. The summed E-state index contributed by atoms with van der Waals surface area (Å²) in [5.74, 6) is -4.82. The van der Waals surface area contributed by atoms with Crippen molar-refractivity contribution in [2.45, 2.75) is 68.0 Å². The predicted molar refractivity (Wildman–Crippen MR) is 103 cm³/mol. The van der Waals surface area contributed by atoms with Gasteiger partial charge in [-0.05, 0) is 43.9 Å². The molecule has 2 aliphatic rings. The minimum absolute atomic E-state index is 0.0135. The monoisotopic (exact) mass is 457 g/mol. The number of aliphatic hydroxyl groups is 1. The first-order valence-electron chi connectivity index (χ1n) is 9.97. The first-order chi connectivity index (χ1) is 14.6. The molecule has 1 aromatic carbocycles. The molecule has 2 aromatic rings. The molecule has 4 rings (SSSR count). The van der Waals surface area contributed by atoms with Crippen LogP contribution in [0.4, 0.5) is 13.2 Å². The van der Waals surface area contributed by atoms with Gasteiger partial charge in [-0.15, -0.1) is 0 Å². The summed E-state index contributed by atoms with van der Waals surface area (Å²) < 4.78 is 67.9. The van der Waals surface area contributed by atoms with Crippen LogP contribution < -0.4 is 0 Å². The van der Waals surface area contributed by atoms with E-state index >= 15 is 0 Å². The van der Waals surface area contributed by atoms with Gasteiger partial charge in [0.25, 0.3) is 0 Å². The summed E-state index contributed by atoms with van der Waals surface area (Å²) in [6.07, 6.45) is 1.20. The molecule has 1 fully saturated rings. The molecule has 3 atom stereocenters. The van der Waals surface area contributed by atoms with Crippen molar-refractivity contribution in [2.75, 3.05) is 0 Å². The van der Waals surface area contributed by atoms with Gasteiger partial charge in [0.15, 0.2) is 27.3 Å². The fourth-order valence-corrected chi connectivity index (χ4v) is 6.29. The van der Waals surface area contributed by atoms with Gasteiger partial charge in [0.05, 0.1) is 42.8 Å². The van der Waals surface area contributed by atoms with E-state index in [1.807, 2.05) is 0 Å². The van der Waals surface area contributed by atoms with Crippen molar-refractivity contribution in [3.8, 4) is 0 Å². The molecule has 168 valence electrons. The summed E-state index contributed by atoms with van der Waals surface area (Å²) in [6.45, 7) is 1.99. The van der Waals surface area contributed by atoms with Crippen molar-refractivity contribution in [2.24, 2.45) is 0 Å². The number of halogens is 3. The number of carbonyl (C=O) groups is 1. The van der Waals surface area contributed by atoms with Gasteiger partial charge in [0.1, 0.15) is 4.90 Å². The van der Waals surface area contributed by atoms with E-state index in [-0.39, 0.29) is 42.4 Å². The Hall–Kier alpha value is -2.40. The van der Waals surface area contributed by atoms with Gasteiger partial charge < -0.3 is 10.0 Å². The Morgan fingerprint density at radius 2 is 1.90 bits per heavy atom. The molecular weight excluding hydrogens is 435 g/mol. The molecule has 0 radical (unpaired) electrons. The van der Waals surface area contributed by atoms with Gasteiger partial charge >= 0.3 is 0 Å². The standard InChI is InChI=1S/C20H22F3N3O4S/c1-11-9-26-17(18(8-24-26)31(29,30)14-3-2-13(27)7-14)10-25(11)19(28)6-12-4-15(21)20(23)16(22)5-12/h4-5,8,11,13-14,27H,2-3,6-7,9-10H2,1H3/t11-,13?,14?/m0/s1. The highest BCUT2D eigenvalue weighted by molar-refractivity contribution is 7.92. The van der Waals surface area contributed by atoms with E-state index in [0.717, 1.165) is 12.1 Å². The van der Waals surface area contributed by atoms with Gasteiger partial charge in [-0.1, -0.05) is 0 Å². The molecule has 1 saturated carbocycles. The number of amides is 1. The fraction of sp³-hybridized carbons (Fsp3) is 0.500. The quantitative estimate of drug-likeness (QED) is 0.709. The zero-order chi connectivity index (χ0) is 22.5. The van der Waals surface area contributed by atoms with Gasteiger partial charge in [-0.25, -0.2) is 21.6 Å². The van der Waals surface area contributed by atoms with Crippen molar-refractivity contribution in [1.82, 2.24) is 14.7 Å². The van der Waals surface area contributed by atoms with Crippen molar-refractivity contribution in [3.05, 3.63) is 47.0 Å². The first kappa shape index (κ1) is 21.8. The molecule has 0 saturated heterocycles. The number of hydrogen-bond donors (Lipinski definition) is 1. The zero-order valence-corrected chi connectivity index (χ0v) is 17.6. The number of benzene rings is 1. The number of fused-ring (bicyclic) bond motifs is 1. The molecule has 11 heteroatoms. The normalized spacial score (nSPS) is 23.8. The lowest BCUT2D eigenvalue weighted by Gasteiger charge is -2.34.